The maximum absolute atomic E-state index is 11.0. The van der Waals surface area contributed by atoms with Gasteiger partial charge in [-0.2, -0.15) is 0 Å². The van der Waals surface area contributed by atoms with Crippen LogP contribution in [0.25, 0.3) is 5.57 Å². The van der Waals surface area contributed by atoms with Gasteiger partial charge in [0.2, 0.25) is 0 Å². The van der Waals surface area contributed by atoms with Crippen molar-refractivity contribution in [2.45, 2.75) is 0 Å². The lowest BCUT2D eigenvalue weighted by molar-refractivity contribution is -0.130. The molecule has 0 saturated carbocycles. The first-order chi connectivity index (χ1) is 7.75. The van der Waals surface area contributed by atoms with Crippen LogP contribution in [0.5, 0.6) is 0 Å². The molecular formula is C13H12O2S. The van der Waals surface area contributed by atoms with Crippen molar-refractivity contribution in [3.8, 4) is 0 Å². The molecule has 0 unspecified atom stereocenters. The molecular weight excluding hydrogens is 220 g/mol. The van der Waals surface area contributed by atoms with E-state index in [1.807, 2.05) is 11.4 Å². The maximum atomic E-state index is 11.0. The lowest BCUT2D eigenvalue weighted by Crippen LogP contribution is -1.96. The molecule has 82 valence electrons. The summed E-state index contributed by atoms with van der Waals surface area (Å²) in [5.41, 5.74) is 0.304. The molecule has 0 aliphatic carbocycles. The van der Waals surface area contributed by atoms with Crippen molar-refractivity contribution in [3.05, 3.63) is 65.4 Å². The van der Waals surface area contributed by atoms with Gasteiger partial charge in [-0.1, -0.05) is 43.0 Å². The standard InChI is InChI=1S/C13H12O2S/c1-2-3-4-5-6-8-11(13(14)15)12-9-7-10-16-12/h2-10H,1H2,(H,14,15). The fraction of sp³-hybridized carbons (Fsp3) is 0. The van der Waals surface area contributed by atoms with Gasteiger partial charge in [-0.25, -0.2) is 4.79 Å². The Morgan fingerprint density at radius 2 is 2.06 bits per heavy atom. The fourth-order valence-corrected chi connectivity index (χ4v) is 1.79. The van der Waals surface area contributed by atoms with E-state index in [4.69, 9.17) is 5.11 Å². The van der Waals surface area contributed by atoms with Crippen LogP contribution in [-0.4, -0.2) is 11.1 Å². The van der Waals surface area contributed by atoms with Crippen molar-refractivity contribution < 1.29 is 9.90 Å². The highest BCUT2D eigenvalue weighted by Crippen LogP contribution is 2.20. The minimum absolute atomic E-state index is 0.304. The Labute approximate surface area is 98.6 Å². The molecule has 0 aliphatic heterocycles. The fourth-order valence-electron chi connectivity index (χ4n) is 1.05. The molecule has 0 radical (unpaired) electrons. The molecule has 0 fully saturated rings. The Morgan fingerprint density at radius 1 is 1.31 bits per heavy atom. The number of hydrogen-bond donors (Lipinski definition) is 1. The highest BCUT2D eigenvalue weighted by molar-refractivity contribution is 7.11. The Bertz CT molecular complexity index is 437. The first-order valence-corrected chi connectivity index (χ1v) is 5.57. The predicted octanol–water partition coefficient (Wildman–Crippen LogP) is 3.51. The summed E-state index contributed by atoms with van der Waals surface area (Å²) in [5.74, 6) is -0.917. The number of carbonyl (C=O) groups is 1. The van der Waals surface area contributed by atoms with Crippen molar-refractivity contribution in [2.24, 2.45) is 0 Å². The van der Waals surface area contributed by atoms with Gasteiger partial charge in [0.05, 0.1) is 5.57 Å². The molecule has 16 heavy (non-hydrogen) atoms. The number of thiophene rings is 1. The summed E-state index contributed by atoms with van der Waals surface area (Å²) < 4.78 is 0. The van der Waals surface area contributed by atoms with Gasteiger partial charge < -0.3 is 5.11 Å². The van der Waals surface area contributed by atoms with Crippen LogP contribution >= 0.6 is 11.3 Å². The molecule has 1 heterocycles. The Balaban J connectivity index is 2.83. The van der Waals surface area contributed by atoms with Crippen LogP contribution in [0, 0.1) is 0 Å². The molecule has 0 spiro atoms. The Morgan fingerprint density at radius 3 is 2.62 bits per heavy atom. The third-order valence-electron chi connectivity index (χ3n) is 1.75. The van der Waals surface area contributed by atoms with Gasteiger partial charge in [0.1, 0.15) is 0 Å². The van der Waals surface area contributed by atoms with Crippen molar-refractivity contribution in [1.29, 1.82) is 0 Å². The highest BCUT2D eigenvalue weighted by Gasteiger charge is 2.09. The van der Waals surface area contributed by atoms with Crippen molar-refractivity contribution in [3.63, 3.8) is 0 Å². The average molecular weight is 232 g/mol. The van der Waals surface area contributed by atoms with Crippen molar-refractivity contribution >= 4 is 22.9 Å². The second-order valence-corrected chi connectivity index (χ2v) is 3.82. The third kappa shape index (κ3) is 3.71. The molecule has 1 N–H and O–H groups in total. The lowest BCUT2D eigenvalue weighted by atomic mass is 10.2. The van der Waals surface area contributed by atoms with Crippen LogP contribution in [0.2, 0.25) is 0 Å². The van der Waals surface area contributed by atoms with Crippen LogP contribution in [0.15, 0.2) is 60.5 Å². The largest absolute Gasteiger partial charge is 0.478 e. The van der Waals surface area contributed by atoms with Gasteiger partial charge in [-0.15, -0.1) is 11.3 Å². The van der Waals surface area contributed by atoms with Crippen LogP contribution in [0.4, 0.5) is 0 Å². The van der Waals surface area contributed by atoms with E-state index in [1.54, 1.807) is 42.5 Å². The van der Waals surface area contributed by atoms with E-state index in [9.17, 15) is 4.79 Å². The monoisotopic (exact) mass is 232 g/mol. The van der Waals surface area contributed by atoms with Crippen molar-refractivity contribution in [2.75, 3.05) is 0 Å². The van der Waals surface area contributed by atoms with E-state index in [0.29, 0.717) is 5.57 Å². The van der Waals surface area contributed by atoms with E-state index in [-0.39, 0.29) is 0 Å². The number of hydrogen-bond acceptors (Lipinski definition) is 2. The SMILES string of the molecule is C=CC=CC=CC=C(C(=O)O)c1cccs1. The maximum Gasteiger partial charge on any atom is 0.337 e. The average Bonchev–Trinajstić information content (AvgIpc) is 2.76. The van der Waals surface area contributed by atoms with Crippen LogP contribution in [-0.2, 0) is 4.79 Å². The molecule has 3 heteroatoms. The molecule has 1 aromatic heterocycles. The minimum Gasteiger partial charge on any atom is -0.478 e. The summed E-state index contributed by atoms with van der Waals surface area (Å²) in [5, 5.41) is 10.9. The van der Waals surface area contributed by atoms with Crippen LogP contribution in [0.1, 0.15) is 4.88 Å². The normalized spacial score (nSPS) is 12.4. The molecule has 0 aliphatic rings. The molecule has 1 rings (SSSR count). The van der Waals surface area contributed by atoms with E-state index in [1.165, 1.54) is 11.3 Å². The van der Waals surface area contributed by atoms with E-state index >= 15 is 0 Å². The van der Waals surface area contributed by atoms with Gasteiger partial charge in [-0.05, 0) is 17.5 Å². The molecule has 0 amide bonds. The lowest BCUT2D eigenvalue weighted by Gasteiger charge is -1.95. The second-order valence-electron chi connectivity index (χ2n) is 2.87. The number of allylic oxidation sites excluding steroid dienone is 6. The summed E-state index contributed by atoms with van der Waals surface area (Å²) in [6.07, 6.45) is 10.3. The molecule has 0 saturated heterocycles. The van der Waals surface area contributed by atoms with E-state index < -0.39 is 5.97 Å². The van der Waals surface area contributed by atoms with Gasteiger partial charge in [0.15, 0.2) is 0 Å². The number of carboxylic acids is 1. The third-order valence-corrected chi connectivity index (χ3v) is 2.65. The van der Waals surface area contributed by atoms with Gasteiger partial charge in [0.25, 0.3) is 0 Å². The molecule has 0 bridgehead atoms. The van der Waals surface area contributed by atoms with Gasteiger partial charge in [0, 0.05) is 4.88 Å². The quantitative estimate of drug-likeness (QED) is 0.623. The Kier molecular flexibility index (Phi) is 5.02. The summed E-state index contributed by atoms with van der Waals surface area (Å²) in [7, 11) is 0. The number of aliphatic carboxylic acids is 1. The summed E-state index contributed by atoms with van der Waals surface area (Å²) in [4.78, 5) is 11.7. The minimum atomic E-state index is -0.917. The molecule has 0 aromatic carbocycles. The highest BCUT2D eigenvalue weighted by atomic mass is 32.1. The van der Waals surface area contributed by atoms with Crippen LogP contribution < -0.4 is 0 Å². The first kappa shape index (κ1) is 12.2. The Hall–Kier alpha value is -1.87. The number of carboxylic acid groups (broad SMARTS) is 1. The van der Waals surface area contributed by atoms with Crippen LogP contribution in [0.3, 0.4) is 0 Å². The first-order valence-electron chi connectivity index (χ1n) is 4.69. The zero-order chi connectivity index (χ0) is 11.8. The van der Waals surface area contributed by atoms with Gasteiger partial charge in [-0.3, -0.25) is 0 Å². The molecule has 0 atom stereocenters. The smallest absolute Gasteiger partial charge is 0.337 e. The summed E-state index contributed by atoms with van der Waals surface area (Å²) in [6.45, 7) is 3.53. The predicted molar refractivity (Wildman–Crippen MR) is 68.4 cm³/mol. The van der Waals surface area contributed by atoms with Gasteiger partial charge >= 0.3 is 5.97 Å². The van der Waals surface area contributed by atoms with E-state index in [0.717, 1.165) is 4.88 Å². The van der Waals surface area contributed by atoms with E-state index in [2.05, 4.69) is 6.58 Å². The summed E-state index contributed by atoms with van der Waals surface area (Å²) in [6, 6.07) is 3.62. The summed E-state index contributed by atoms with van der Waals surface area (Å²) >= 11 is 1.41. The topological polar surface area (TPSA) is 37.3 Å². The molecule has 2 nitrogen and oxygen atoms in total. The zero-order valence-corrected chi connectivity index (χ0v) is 9.48. The zero-order valence-electron chi connectivity index (χ0n) is 8.67. The second kappa shape index (κ2) is 6.58. The van der Waals surface area contributed by atoms with Crippen molar-refractivity contribution in [1.82, 2.24) is 0 Å². The number of rotatable bonds is 5. The molecule has 1 aromatic rings.